The standard InChI is InChI=1S/C18H23NO5/c1-12-8-15(19-9-12)18(22)23-10-13(2)17(21)24-11-16(20)14-6-4-3-5-7-14/h3-7,12-13,15,19H,8-11H2,1-2H3/t12-,13+,15-/m1/s1. The van der Waals surface area contributed by atoms with Crippen molar-refractivity contribution in [2.24, 2.45) is 11.8 Å². The third-order valence-electron chi connectivity index (χ3n) is 3.95. The molecule has 130 valence electrons. The number of esters is 2. The molecule has 3 atom stereocenters. The van der Waals surface area contributed by atoms with Crippen molar-refractivity contribution in [3.8, 4) is 0 Å². The quantitative estimate of drug-likeness (QED) is 0.603. The van der Waals surface area contributed by atoms with Crippen molar-refractivity contribution in [3.63, 3.8) is 0 Å². The van der Waals surface area contributed by atoms with Crippen LogP contribution in [0.15, 0.2) is 30.3 Å². The van der Waals surface area contributed by atoms with Crippen LogP contribution >= 0.6 is 0 Å². The molecule has 0 radical (unpaired) electrons. The normalized spacial score (nSPS) is 21.1. The van der Waals surface area contributed by atoms with Crippen LogP contribution in [0.3, 0.4) is 0 Å². The zero-order valence-electron chi connectivity index (χ0n) is 14.0. The summed E-state index contributed by atoms with van der Waals surface area (Å²) >= 11 is 0. The van der Waals surface area contributed by atoms with Crippen molar-refractivity contribution in [2.45, 2.75) is 26.3 Å². The molecular formula is C18H23NO5. The van der Waals surface area contributed by atoms with Crippen LogP contribution in [0.2, 0.25) is 0 Å². The molecule has 1 aromatic carbocycles. The van der Waals surface area contributed by atoms with Gasteiger partial charge in [-0.25, -0.2) is 0 Å². The molecule has 1 aromatic rings. The average Bonchev–Trinajstić information content (AvgIpc) is 3.04. The van der Waals surface area contributed by atoms with E-state index >= 15 is 0 Å². The first kappa shape index (κ1) is 18.1. The van der Waals surface area contributed by atoms with Gasteiger partial charge in [0.05, 0.1) is 5.92 Å². The molecule has 1 fully saturated rings. The van der Waals surface area contributed by atoms with Crippen LogP contribution in [-0.2, 0) is 19.1 Å². The number of ether oxygens (including phenoxy) is 2. The Labute approximate surface area is 141 Å². The number of rotatable bonds is 7. The third-order valence-corrected chi connectivity index (χ3v) is 3.95. The highest BCUT2D eigenvalue weighted by molar-refractivity contribution is 5.97. The zero-order chi connectivity index (χ0) is 17.5. The van der Waals surface area contributed by atoms with Crippen LogP contribution in [0.25, 0.3) is 0 Å². The van der Waals surface area contributed by atoms with Gasteiger partial charge in [-0.1, -0.05) is 37.3 Å². The first-order chi connectivity index (χ1) is 11.5. The molecule has 0 unspecified atom stereocenters. The summed E-state index contributed by atoms with van der Waals surface area (Å²) in [6.45, 7) is 4.09. The fraction of sp³-hybridized carbons (Fsp3) is 0.500. The van der Waals surface area contributed by atoms with Crippen LogP contribution in [-0.4, -0.2) is 43.5 Å². The van der Waals surface area contributed by atoms with Gasteiger partial charge in [0.2, 0.25) is 0 Å². The van der Waals surface area contributed by atoms with E-state index in [1.165, 1.54) is 0 Å². The second kappa shape index (κ2) is 8.59. The highest BCUT2D eigenvalue weighted by Gasteiger charge is 2.29. The van der Waals surface area contributed by atoms with Crippen LogP contribution in [0.5, 0.6) is 0 Å². The Bertz CT molecular complexity index is 586. The molecule has 0 aromatic heterocycles. The van der Waals surface area contributed by atoms with E-state index in [2.05, 4.69) is 12.2 Å². The van der Waals surface area contributed by atoms with E-state index < -0.39 is 11.9 Å². The van der Waals surface area contributed by atoms with Crippen molar-refractivity contribution in [1.29, 1.82) is 0 Å². The Morgan fingerprint density at radius 1 is 1.21 bits per heavy atom. The molecule has 2 rings (SSSR count). The molecule has 0 spiro atoms. The van der Waals surface area contributed by atoms with Crippen LogP contribution in [0.1, 0.15) is 30.6 Å². The monoisotopic (exact) mass is 333 g/mol. The topological polar surface area (TPSA) is 81.7 Å². The lowest BCUT2D eigenvalue weighted by molar-refractivity contribution is -0.154. The molecule has 0 aliphatic carbocycles. The van der Waals surface area contributed by atoms with Gasteiger partial charge in [-0.2, -0.15) is 0 Å². The number of nitrogens with one attached hydrogen (secondary N) is 1. The van der Waals surface area contributed by atoms with Gasteiger partial charge in [0.1, 0.15) is 12.6 Å². The van der Waals surface area contributed by atoms with Crippen molar-refractivity contribution >= 4 is 17.7 Å². The maximum Gasteiger partial charge on any atom is 0.323 e. The maximum absolute atomic E-state index is 11.9. The number of carbonyl (C=O) groups excluding carboxylic acids is 3. The minimum Gasteiger partial charge on any atom is -0.464 e. The fourth-order valence-corrected chi connectivity index (χ4v) is 2.45. The van der Waals surface area contributed by atoms with Gasteiger partial charge >= 0.3 is 11.9 Å². The van der Waals surface area contributed by atoms with Crippen molar-refractivity contribution < 1.29 is 23.9 Å². The summed E-state index contributed by atoms with van der Waals surface area (Å²) in [5, 5.41) is 3.08. The van der Waals surface area contributed by atoms with Gasteiger partial charge in [0, 0.05) is 5.56 Å². The second-order valence-corrected chi connectivity index (χ2v) is 6.23. The highest BCUT2D eigenvalue weighted by atomic mass is 16.6. The lowest BCUT2D eigenvalue weighted by atomic mass is 10.1. The zero-order valence-corrected chi connectivity index (χ0v) is 14.0. The van der Waals surface area contributed by atoms with Crippen molar-refractivity contribution in [3.05, 3.63) is 35.9 Å². The van der Waals surface area contributed by atoms with E-state index in [0.717, 1.165) is 13.0 Å². The number of Topliss-reactive ketones (excluding diaryl/α,β-unsaturated/α-hetero) is 1. The fourth-order valence-electron chi connectivity index (χ4n) is 2.45. The van der Waals surface area contributed by atoms with Crippen LogP contribution < -0.4 is 5.32 Å². The summed E-state index contributed by atoms with van der Waals surface area (Å²) in [5.74, 6) is -1.35. The molecule has 1 heterocycles. The number of benzene rings is 1. The Morgan fingerprint density at radius 2 is 1.92 bits per heavy atom. The van der Waals surface area contributed by atoms with Crippen LogP contribution in [0.4, 0.5) is 0 Å². The van der Waals surface area contributed by atoms with E-state index in [1.807, 2.05) is 0 Å². The average molecular weight is 333 g/mol. The van der Waals surface area contributed by atoms with Gasteiger partial charge in [-0.05, 0) is 25.8 Å². The third kappa shape index (κ3) is 5.16. The molecule has 0 bridgehead atoms. The largest absolute Gasteiger partial charge is 0.464 e. The second-order valence-electron chi connectivity index (χ2n) is 6.23. The van der Waals surface area contributed by atoms with E-state index in [9.17, 15) is 14.4 Å². The maximum atomic E-state index is 11.9. The first-order valence-corrected chi connectivity index (χ1v) is 8.12. The van der Waals surface area contributed by atoms with Gasteiger partial charge in [-0.15, -0.1) is 0 Å². The number of hydrogen-bond acceptors (Lipinski definition) is 6. The molecule has 6 nitrogen and oxygen atoms in total. The Morgan fingerprint density at radius 3 is 2.54 bits per heavy atom. The molecule has 24 heavy (non-hydrogen) atoms. The van der Waals surface area contributed by atoms with E-state index in [4.69, 9.17) is 9.47 Å². The summed E-state index contributed by atoms with van der Waals surface area (Å²) in [7, 11) is 0. The van der Waals surface area contributed by atoms with Crippen LogP contribution in [0, 0.1) is 11.8 Å². The van der Waals surface area contributed by atoms with E-state index in [1.54, 1.807) is 37.3 Å². The number of ketones is 1. The molecule has 0 saturated carbocycles. The number of carbonyl (C=O) groups is 3. The number of hydrogen-bond donors (Lipinski definition) is 1. The first-order valence-electron chi connectivity index (χ1n) is 8.12. The summed E-state index contributed by atoms with van der Waals surface area (Å²) < 4.78 is 10.2. The van der Waals surface area contributed by atoms with Crippen molar-refractivity contribution in [2.75, 3.05) is 19.8 Å². The molecule has 6 heteroatoms. The molecule has 0 amide bonds. The predicted octanol–water partition coefficient (Wildman–Crippen LogP) is 1.59. The summed E-state index contributed by atoms with van der Waals surface area (Å²) in [6, 6.07) is 8.32. The minimum absolute atomic E-state index is 0.0518. The van der Waals surface area contributed by atoms with Crippen molar-refractivity contribution in [1.82, 2.24) is 5.32 Å². The summed E-state index contributed by atoms with van der Waals surface area (Å²) in [5.41, 5.74) is 0.491. The van der Waals surface area contributed by atoms with E-state index in [-0.39, 0.29) is 31.0 Å². The lowest BCUT2D eigenvalue weighted by Gasteiger charge is -2.14. The molecule has 1 aliphatic rings. The Balaban J connectivity index is 1.70. The molecule has 1 saturated heterocycles. The van der Waals surface area contributed by atoms with Gasteiger partial charge in [0.15, 0.2) is 12.4 Å². The summed E-state index contributed by atoms with van der Waals surface area (Å²) in [4.78, 5) is 35.6. The smallest absolute Gasteiger partial charge is 0.323 e. The van der Waals surface area contributed by atoms with Gasteiger partial charge < -0.3 is 14.8 Å². The highest BCUT2D eigenvalue weighted by Crippen LogP contribution is 2.14. The Hall–Kier alpha value is -2.21. The Kier molecular flexibility index (Phi) is 6.49. The van der Waals surface area contributed by atoms with Gasteiger partial charge in [0.25, 0.3) is 0 Å². The lowest BCUT2D eigenvalue weighted by Crippen LogP contribution is -2.34. The summed E-state index contributed by atoms with van der Waals surface area (Å²) in [6.07, 6.45) is 0.739. The minimum atomic E-state index is -0.614. The molecule has 1 aliphatic heterocycles. The predicted molar refractivity (Wildman–Crippen MR) is 87.4 cm³/mol. The molecular weight excluding hydrogens is 310 g/mol. The molecule has 1 N–H and O–H groups in total. The SMILES string of the molecule is C[C@H]1CN[C@@H](C(=O)OC[C@H](C)C(=O)OCC(=O)c2ccccc2)C1. The van der Waals surface area contributed by atoms with E-state index in [0.29, 0.717) is 11.5 Å². The van der Waals surface area contributed by atoms with Gasteiger partial charge in [-0.3, -0.25) is 14.4 Å².